The molecule has 154 valence electrons. The van der Waals surface area contributed by atoms with Crippen molar-refractivity contribution in [2.24, 2.45) is 5.92 Å². The van der Waals surface area contributed by atoms with Gasteiger partial charge < -0.3 is 10.4 Å². The molecule has 1 aliphatic rings. The second kappa shape index (κ2) is 8.64. The Morgan fingerprint density at radius 3 is 2.34 bits per heavy atom. The van der Waals surface area contributed by atoms with Gasteiger partial charge in [-0.1, -0.05) is 37.3 Å². The van der Waals surface area contributed by atoms with Crippen LogP contribution in [0.3, 0.4) is 0 Å². The van der Waals surface area contributed by atoms with Gasteiger partial charge in [-0.05, 0) is 56.6 Å². The van der Waals surface area contributed by atoms with E-state index >= 15 is 0 Å². The Hall–Kier alpha value is -2.89. The molecule has 6 nitrogen and oxygen atoms in total. The fourth-order valence-electron chi connectivity index (χ4n) is 4.07. The monoisotopic (exact) mass is 396 g/mol. The Bertz CT molecular complexity index is 957. The van der Waals surface area contributed by atoms with Crippen molar-refractivity contribution >= 4 is 11.9 Å². The van der Waals surface area contributed by atoms with E-state index in [1.54, 1.807) is 6.92 Å². The molecule has 1 aliphatic carbocycles. The molecule has 0 bridgehead atoms. The van der Waals surface area contributed by atoms with Crippen LogP contribution in [-0.2, 0) is 4.79 Å². The smallest absolute Gasteiger partial charge is 0.326 e. The Labute approximate surface area is 170 Å². The zero-order valence-corrected chi connectivity index (χ0v) is 17.1. The number of pyridine rings is 1. The van der Waals surface area contributed by atoms with Crippen molar-refractivity contribution in [3.8, 4) is 11.3 Å². The highest BCUT2D eigenvalue weighted by Crippen LogP contribution is 2.28. The highest BCUT2D eigenvalue weighted by Gasteiger charge is 2.26. The van der Waals surface area contributed by atoms with E-state index in [-0.39, 0.29) is 11.9 Å². The number of benzene rings is 1. The lowest BCUT2D eigenvalue weighted by Crippen LogP contribution is -2.39. The van der Waals surface area contributed by atoms with E-state index in [1.165, 1.54) is 17.6 Å². The van der Waals surface area contributed by atoms with Gasteiger partial charge in [0.05, 0.1) is 5.69 Å². The van der Waals surface area contributed by atoms with Gasteiger partial charge in [0.1, 0.15) is 6.04 Å². The summed E-state index contributed by atoms with van der Waals surface area (Å²) in [7, 11) is 0. The number of aromatic nitrogens is 1. The average Bonchev–Trinajstić information content (AvgIpc) is 2.70. The number of nitrogens with zero attached hydrogens (tertiary/aromatic N) is 1. The van der Waals surface area contributed by atoms with Crippen LogP contribution in [0.15, 0.2) is 41.2 Å². The summed E-state index contributed by atoms with van der Waals surface area (Å²) in [6, 6.07) is 9.46. The third-order valence-corrected chi connectivity index (χ3v) is 5.89. The number of carboxylic acids is 1. The second-order valence-electron chi connectivity index (χ2n) is 8.05. The Morgan fingerprint density at radius 2 is 1.76 bits per heavy atom. The Balaban J connectivity index is 2.06. The van der Waals surface area contributed by atoms with Crippen molar-refractivity contribution in [2.45, 2.75) is 58.5 Å². The molecule has 2 N–H and O–H groups in total. The van der Waals surface area contributed by atoms with Crippen LogP contribution in [0.1, 0.15) is 61.5 Å². The summed E-state index contributed by atoms with van der Waals surface area (Å²) in [5.74, 6) is -0.695. The number of carbonyl (C=O) groups excluding carboxylic acids is 1. The minimum Gasteiger partial charge on any atom is -0.480 e. The maximum atomic E-state index is 13.0. The number of amides is 1. The van der Waals surface area contributed by atoms with Gasteiger partial charge in [-0.2, -0.15) is 0 Å². The highest BCUT2D eigenvalue weighted by molar-refractivity contribution is 5.97. The quantitative estimate of drug-likeness (QED) is 0.805. The van der Waals surface area contributed by atoms with Gasteiger partial charge in [-0.15, -0.1) is 0 Å². The summed E-state index contributed by atoms with van der Waals surface area (Å²) in [6.07, 6.45) is 4.03. The van der Waals surface area contributed by atoms with Gasteiger partial charge in [0.25, 0.3) is 11.5 Å². The highest BCUT2D eigenvalue weighted by atomic mass is 16.4. The summed E-state index contributed by atoms with van der Waals surface area (Å²) < 4.78 is 1.26. The number of aliphatic carboxylic acids is 1. The lowest BCUT2D eigenvalue weighted by molar-refractivity contribution is -0.140. The van der Waals surface area contributed by atoms with Crippen molar-refractivity contribution in [1.82, 2.24) is 9.88 Å². The normalized spacial score (nSPS) is 20.1. The number of rotatable bonds is 5. The number of nitrogens with one attached hydrogen (secondary N) is 1. The molecule has 0 radical (unpaired) electrons. The summed E-state index contributed by atoms with van der Waals surface area (Å²) in [5, 5.41) is 12.6. The molecule has 0 aliphatic heterocycles. The van der Waals surface area contributed by atoms with Crippen molar-refractivity contribution < 1.29 is 14.7 Å². The third kappa shape index (κ3) is 4.42. The van der Waals surface area contributed by atoms with Gasteiger partial charge >= 0.3 is 5.97 Å². The molecule has 1 amide bonds. The first kappa shape index (κ1) is 20.8. The van der Waals surface area contributed by atoms with Crippen molar-refractivity contribution in [3.05, 3.63) is 57.9 Å². The van der Waals surface area contributed by atoms with Gasteiger partial charge in [-0.3, -0.25) is 14.2 Å². The van der Waals surface area contributed by atoms with Crippen molar-refractivity contribution in [1.29, 1.82) is 0 Å². The predicted octanol–water partition coefficient (Wildman–Crippen LogP) is 3.78. The predicted molar refractivity (Wildman–Crippen MR) is 112 cm³/mol. The molecule has 1 fully saturated rings. The fraction of sp³-hybridized carbons (Fsp3) is 0.435. The number of carbonyl (C=O) groups is 2. The first-order valence-corrected chi connectivity index (χ1v) is 10.1. The molecule has 1 atom stereocenters. The molecule has 1 aromatic carbocycles. The van der Waals surface area contributed by atoms with Crippen LogP contribution in [0.4, 0.5) is 0 Å². The van der Waals surface area contributed by atoms with Crippen LogP contribution in [0, 0.1) is 12.8 Å². The summed E-state index contributed by atoms with van der Waals surface area (Å²) in [4.78, 5) is 37.5. The molecule has 0 saturated heterocycles. The molecule has 1 saturated carbocycles. The van der Waals surface area contributed by atoms with E-state index in [2.05, 4.69) is 12.2 Å². The topological polar surface area (TPSA) is 88.4 Å². The van der Waals surface area contributed by atoms with Crippen LogP contribution in [-0.4, -0.2) is 27.6 Å². The van der Waals surface area contributed by atoms with E-state index in [0.717, 1.165) is 25.7 Å². The number of hydrogen-bond acceptors (Lipinski definition) is 3. The Morgan fingerprint density at radius 1 is 1.14 bits per heavy atom. The van der Waals surface area contributed by atoms with Crippen LogP contribution in [0.2, 0.25) is 0 Å². The molecule has 29 heavy (non-hydrogen) atoms. The van der Waals surface area contributed by atoms with Gasteiger partial charge in [-0.25, -0.2) is 4.79 Å². The molecule has 3 rings (SSSR count). The largest absolute Gasteiger partial charge is 0.480 e. The molecule has 1 heterocycles. The lowest BCUT2D eigenvalue weighted by atomic mass is 9.87. The molecular formula is C23H28N2O4. The molecule has 0 spiro atoms. The summed E-state index contributed by atoms with van der Waals surface area (Å²) in [5.41, 5.74) is 1.59. The zero-order chi connectivity index (χ0) is 21.1. The molecule has 1 aromatic heterocycles. The first-order chi connectivity index (χ1) is 13.8. The number of hydrogen-bond donors (Lipinski definition) is 2. The van der Waals surface area contributed by atoms with Crippen molar-refractivity contribution in [3.63, 3.8) is 0 Å². The van der Waals surface area contributed by atoms with E-state index in [4.69, 9.17) is 0 Å². The minimum atomic E-state index is -1.10. The first-order valence-electron chi connectivity index (χ1n) is 10.1. The second-order valence-corrected chi connectivity index (χ2v) is 8.05. The van der Waals surface area contributed by atoms with Gasteiger partial charge in [0.2, 0.25) is 0 Å². The average molecular weight is 396 g/mol. The van der Waals surface area contributed by atoms with E-state index in [1.807, 2.05) is 30.3 Å². The van der Waals surface area contributed by atoms with Crippen LogP contribution in [0.25, 0.3) is 11.3 Å². The lowest BCUT2D eigenvalue weighted by Gasteiger charge is -2.27. The van der Waals surface area contributed by atoms with E-state index < -0.39 is 17.6 Å². The minimum absolute atomic E-state index is 0.110. The van der Waals surface area contributed by atoms with Crippen LogP contribution < -0.4 is 10.9 Å². The SMILES string of the molecule is Cc1c(C(=O)NC2CCC(C)CC2)cc(=O)n(C(C)C(=O)O)c1-c1ccccc1. The summed E-state index contributed by atoms with van der Waals surface area (Å²) in [6.45, 7) is 5.46. The fourth-order valence-corrected chi connectivity index (χ4v) is 4.07. The number of carboxylic acid groups (broad SMARTS) is 1. The standard InChI is InChI=1S/C23H28N2O4/c1-14-9-11-18(12-10-14)24-22(27)19-13-20(26)25(16(3)23(28)29)21(15(19)2)17-7-5-4-6-8-17/h4-8,13-14,16,18H,9-12H2,1-3H3,(H,24,27)(H,28,29). The molecule has 6 heteroatoms. The third-order valence-electron chi connectivity index (χ3n) is 5.89. The van der Waals surface area contributed by atoms with Crippen LogP contribution >= 0.6 is 0 Å². The van der Waals surface area contributed by atoms with Crippen molar-refractivity contribution in [2.75, 3.05) is 0 Å². The summed E-state index contributed by atoms with van der Waals surface area (Å²) >= 11 is 0. The van der Waals surface area contributed by atoms with E-state index in [0.29, 0.717) is 28.3 Å². The van der Waals surface area contributed by atoms with Gasteiger partial charge in [0.15, 0.2) is 0 Å². The van der Waals surface area contributed by atoms with Gasteiger partial charge in [0, 0.05) is 17.7 Å². The zero-order valence-electron chi connectivity index (χ0n) is 17.1. The maximum absolute atomic E-state index is 13.0. The van der Waals surface area contributed by atoms with Crippen LogP contribution in [0.5, 0.6) is 0 Å². The molecule has 2 aromatic rings. The molecule has 1 unspecified atom stereocenters. The Kier molecular flexibility index (Phi) is 6.20. The maximum Gasteiger partial charge on any atom is 0.326 e. The molecular weight excluding hydrogens is 368 g/mol. The van der Waals surface area contributed by atoms with E-state index in [9.17, 15) is 19.5 Å².